The first kappa shape index (κ1) is 14.5. The lowest BCUT2D eigenvalue weighted by Gasteiger charge is -2.17. The van der Waals surface area contributed by atoms with Crippen molar-refractivity contribution in [1.82, 2.24) is 14.9 Å². The van der Waals surface area contributed by atoms with E-state index in [9.17, 15) is 4.79 Å². The normalized spacial score (nSPS) is 10.3. The van der Waals surface area contributed by atoms with Crippen molar-refractivity contribution in [3.63, 3.8) is 0 Å². The summed E-state index contributed by atoms with van der Waals surface area (Å²) < 4.78 is 0. The molecule has 5 nitrogen and oxygen atoms in total. The van der Waals surface area contributed by atoms with E-state index in [0.29, 0.717) is 12.1 Å². The molecule has 0 fully saturated rings. The van der Waals surface area contributed by atoms with Crippen molar-refractivity contribution in [1.29, 1.82) is 0 Å². The van der Waals surface area contributed by atoms with E-state index in [0.717, 1.165) is 23.6 Å². The molecule has 0 aliphatic rings. The fourth-order valence-electron chi connectivity index (χ4n) is 1.87. The third-order valence-corrected chi connectivity index (χ3v) is 3.61. The summed E-state index contributed by atoms with van der Waals surface area (Å²) in [4.78, 5) is 22.7. The Morgan fingerprint density at radius 1 is 1.40 bits per heavy atom. The number of thiazole rings is 1. The minimum absolute atomic E-state index is 0.0217. The van der Waals surface area contributed by atoms with E-state index in [2.05, 4.69) is 15.3 Å². The number of nitrogens with one attached hydrogen (secondary N) is 1. The Hall–Kier alpha value is -1.95. The minimum Gasteiger partial charge on any atom is -0.373 e. The topological polar surface area (TPSA) is 58.1 Å². The summed E-state index contributed by atoms with van der Waals surface area (Å²) in [6.45, 7) is 2.54. The number of amides is 1. The molecular formula is C14H18N4OS. The van der Waals surface area contributed by atoms with Crippen molar-refractivity contribution in [2.24, 2.45) is 0 Å². The summed E-state index contributed by atoms with van der Waals surface area (Å²) in [5.41, 5.74) is 4.24. The van der Waals surface area contributed by atoms with Crippen LogP contribution in [0.5, 0.6) is 0 Å². The van der Waals surface area contributed by atoms with Crippen LogP contribution in [0.1, 0.15) is 28.7 Å². The van der Waals surface area contributed by atoms with Crippen molar-refractivity contribution in [2.75, 3.05) is 19.4 Å². The molecular weight excluding hydrogens is 272 g/mol. The Balaban J connectivity index is 2.19. The Bertz CT molecular complexity index is 561. The van der Waals surface area contributed by atoms with Crippen LogP contribution < -0.4 is 5.32 Å². The predicted octanol–water partition coefficient (Wildman–Crippen LogP) is 2.41. The summed E-state index contributed by atoms with van der Waals surface area (Å²) in [7, 11) is 3.59. The number of hydrogen-bond acceptors (Lipinski definition) is 5. The fraction of sp³-hybridized carbons (Fsp3) is 0.357. The molecule has 0 aliphatic carbocycles. The molecule has 0 unspecified atom stereocenters. The van der Waals surface area contributed by atoms with E-state index in [1.807, 2.05) is 18.4 Å². The van der Waals surface area contributed by atoms with Crippen molar-refractivity contribution < 1.29 is 4.79 Å². The Kier molecular flexibility index (Phi) is 4.68. The second kappa shape index (κ2) is 6.47. The molecule has 6 heteroatoms. The van der Waals surface area contributed by atoms with Gasteiger partial charge in [-0.3, -0.25) is 4.79 Å². The molecule has 0 atom stereocenters. The maximum atomic E-state index is 12.5. The lowest BCUT2D eigenvalue weighted by molar-refractivity contribution is 0.0783. The number of carbonyl (C=O) groups excluding carboxylic acids is 1. The zero-order chi connectivity index (χ0) is 14.5. The summed E-state index contributed by atoms with van der Waals surface area (Å²) in [6, 6.07) is 3.62. The molecule has 0 spiro atoms. The van der Waals surface area contributed by atoms with Gasteiger partial charge in [-0.25, -0.2) is 9.97 Å². The molecule has 0 aliphatic heterocycles. The van der Waals surface area contributed by atoms with Crippen LogP contribution in [0.15, 0.2) is 23.0 Å². The molecule has 1 N–H and O–H groups in total. The number of nitrogens with zero attached hydrogens (tertiary/aromatic N) is 3. The second-order valence-electron chi connectivity index (χ2n) is 4.48. The largest absolute Gasteiger partial charge is 0.373 e. The van der Waals surface area contributed by atoms with Gasteiger partial charge in [-0.05, 0) is 18.6 Å². The van der Waals surface area contributed by atoms with Crippen LogP contribution in [0.25, 0.3) is 0 Å². The van der Waals surface area contributed by atoms with Gasteiger partial charge in [0.15, 0.2) is 0 Å². The Morgan fingerprint density at radius 3 is 2.80 bits per heavy atom. The summed E-state index contributed by atoms with van der Waals surface area (Å²) in [6.07, 6.45) is 0.797. The average Bonchev–Trinajstić information content (AvgIpc) is 2.98. The summed E-state index contributed by atoms with van der Waals surface area (Å²) in [5, 5.41) is 4.94. The lowest BCUT2D eigenvalue weighted by Crippen LogP contribution is -2.26. The first-order valence-electron chi connectivity index (χ1n) is 6.45. The zero-order valence-corrected chi connectivity index (χ0v) is 12.7. The quantitative estimate of drug-likeness (QED) is 0.918. The maximum absolute atomic E-state index is 12.5. The maximum Gasteiger partial charge on any atom is 0.254 e. The summed E-state index contributed by atoms with van der Waals surface area (Å²) >= 11 is 1.53. The standard InChI is InChI=1S/C14H18N4OS/c1-4-11-5-10(6-13(15-2)17-11)14(19)18(3)7-12-8-20-9-16-12/h5-6,8-9H,4,7H2,1-3H3,(H,15,17). The highest BCUT2D eigenvalue weighted by atomic mass is 32.1. The Labute approximate surface area is 122 Å². The van der Waals surface area contributed by atoms with E-state index >= 15 is 0 Å². The number of aromatic nitrogens is 2. The van der Waals surface area contributed by atoms with Crippen LogP contribution in [0, 0.1) is 0 Å². The van der Waals surface area contributed by atoms with E-state index in [4.69, 9.17) is 0 Å². The second-order valence-corrected chi connectivity index (χ2v) is 5.20. The first-order chi connectivity index (χ1) is 9.63. The first-order valence-corrected chi connectivity index (χ1v) is 7.39. The molecule has 2 heterocycles. The van der Waals surface area contributed by atoms with Gasteiger partial charge in [0.1, 0.15) is 5.82 Å². The van der Waals surface area contributed by atoms with Gasteiger partial charge in [0.05, 0.1) is 17.7 Å². The number of hydrogen-bond donors (Lipinski definition) is 1. The van der Waals surface area contributed by atoms with Gasteiger partial charge in [0.2, 0.25) is 0 Å². The highest BCUT2D eigenvalue weighted by Gasteiger charge is 2.14. The molecule has 0 aromatic carbocycles. The summed E-state index contributed by atoms with van der Waals surface area (Å²) in [5.74, 6) is 0.696. The molecule has 20 heavy (non-hydrogen) atoms. The van der Waals surface area contributed by atoms with Gasteiger partial charge in [0.25, 0.3) is 5.91 Å². The van der Waals surface area contributed by atoms with Gasteiger partial charge in [-0.15, -0.1) is 11.3 Å². The predicted molar refractivity (Wildman–Crippen MR) is 81.1 cm³/mol. The molecule has 2 aromatic heterocycles. The Morgan fingerprint density at radius 2 is 2.20 bits per heavy atom. The van der Waals surface area contributed by atoms with Crippen molar-refractivity contribution in [3.8, 4) is 0 Å². The highest BCUT2D eigenvalue weighted by molar-refractivity contribution is 7.07. The molecule has 0 bridgehead atoms. The molecule has 0 radical (unpaired) electrons. The highest BCUT2D eigenvalue weighted by Crippen LogP contribution is 2.14. The van der Waals surface area contributed by atoms with Gasteiger partial charge >= 0.3 is 0 Å². The smallest absolute Gasteiger partial charge is 0.254 e. The number of aryl methyl sites for hydroxylation is 1. The van der Waals surface area contributed by atoms with Crippen LogP contribution in [0.2, 0.25) is 0 Å². The van der Waals surface area contributed by atoms with Crippen molar-refractivity contribution in [2.45, 2.75) is 19.9 Å². The lowest BCUT2D eigenvalue weighted by atomic mass is 10.1. The van der Waals surface area contributed by atoms with Crippen LogP contribution >= 0.6 is 11.3 Å². The van der Waals surface area contributed by atoms with E-state index in [1.165, 1.54) is 11.3 Å². The van der Waals surface area contributed by atoms with Crippen LogP contribution in [0.4, 0.5) is 5.82 Å². The van der Waals surface area contributed by atoms with E-state index < -0.39 is 0 Å². The number of anilines is 1. The molecule has 2 aromatic rings. The van der Waals surface area contributed by atoms with Gasteiger partial charge in [-0.1, -0.05) is 6.92 Å². The van der Waals surface area contributed by atoms with Gasteiger partial charge in [0, 0.05) is 30.7 Å². The molecule has 1 amide bonds. The number of pyridine rings is 1. The molecule has 106 valence electrons. The third-order valence-electron chi connectivity index (χ3n) is 2.97. The average molecular weight is 290 g/mol. The van der Waals surface area contributed by atoms with Crippen LogP contribution in [0.3, 0.4) is 0 Å². The van der Waals surface area contributed by atoms with Crippen LogP contribution in [-0.4, -0.2) is 34.9 Å². The minimum atomic E-state index is -0.0217. The zero-order valence-electron chi connectivity index (χ0n) is 11.9. The number of carbonyl (C=O) groups is 1. The monoisotopic (exact) mass is 290 g/mol. The molecule has 0 saturated heterocycles. The molecule has 2 rings (SSSR count). The SMILES string of the molecule is CCc1cc(C(=O)N(C)Cc2cscn2)cc(NC)n1. The van der Waals surface area contributed by atoms with E-state index in [-0.39, 0.29) is 5.91 Å². The van der Waals surface area contributed by atoms with Crippen molar-refractivity contribution in [3.05, 3.63) is 40.0 Å². The third kappa shape index (κ3) is 3.33. The number of rotatable bonds is 5. The van der Waals surface area contributed by atoms with Gasteiger partial charge in [-0.2, -0.15) is 0 Å². The van der Waals surface area contributed by atoms with Gasteiger partial charge < -0.3 is 10.2 Å². The fourth-order valence-corrected chi connectivity index (χ4v) is 2.42. The van der Waals surface area contributed by atoms with Crippen molar-refractivity contribution >= 4 is 23.1 Å². The van der Waals surface area contributed by atoms with E-state index in [1.54, 1.807) is 30.6 Å². The van der Waals surface area contributed by atoms with Crippen LogP contribution in [-0.2, 0) is 13.0 Å². The molecule has 0 saturated carbocycles.